The van der Waals surface area contributed by atoms with Gasteiger partial charge in [0.15, 0.2) is 0 Å². The molecule has 0 spiro atoms. The molecule has 0 radical (unpaired) electrons. The second-order valence-corrected chi connectivity index (χ2v) is 5.44. The highest BCUT2D eigenvalue weighted by atomic mass is 35.5. The SMILES string of the molecule is CSC(C)(C)CNc1cnc(Cl)cn1. The van der Waals surface area contributed by atoms with Crippen LogP contribution in [0.15, 0.2) is 12.4 Å². The lowest BCUT2D eigenvalue weighted by Gasteiger charge is -2.22. The van der Waals surface area contributed by atoms with E-state index in [9.17, 15) is 0 Å². The van der Waals surface area contributed by atoms with Gasteiger partial charge in [-0.15, -0.1) is 0 Å². The van der Waals surface area contributed by atoms with Crippen LogP contribution in [-0.4, -0.2) is 27.5 Å². The first kappa shape index (κ1) is 11.6. The maximum absolute atomic E-state index is 5.62. The Hall–Kier alpha value is -0.480. The second-order valence-electron chi connectivity index (χ2n) is 3.54. The van der Waals surface area contributed by atoms with E-state index >= 15 is 0 Å². The summed E-state index contributed by atoms with van der Waals surface area (Å²) in [5.41, 5.74) is 0. The van der Waals surface area contributed by atoms with Gasteiger partial charge in [-0.05, 0) is 20.1 Å². The number of nitrogens with zero attached hydrogens (tertiary/aromatic N) is 2. The lowest BCUT2D eigenvalue weighted by Crippen LogP contribution is -2.26. The first-order valence-electron chi connectivity index (χ1n) is 4.30. The van der Waals surface area contributed by atoms with Crippen molar-refractivity contribution in [1.29, 1.82) is 0 Å². The van der Waals surface area contributed by atoms with Crippen LogP contribution in [0.4, 0.5) is 5.82 Å². The Morgan fingerprint density at radius 3 is 2.64 bits per heavy atom. The van der Waals surface area contributed by atoms with Crippen molar-refractivity contribution in [2.45, 2.75) is 18.6 Å². The van der Waals surface area contributed by atoms with E-state index in [1.54, 1.807) is 6.20 Å². The molecule has 1 rings (SSSR count). The average Bonchev–Trinajstić information content (AvgIpc) is 2.17. The Labute approximate surface area is 93.7 Å². The molecule has 0 aliphatic rings. The predicted octanol–water partition coefficient (Wildman–Crippen LogP) is 2.68. The summed E-state index contributed by atoms with van der Waals surface area (Å²) in [6, 6.07) is 0. The van der Waals surface area contributed by atoms with Crippen molar-refractivity contribution in [3.8, 4) is 0 Å². The third kappa shape index (κ3) is 3.72. The van der Waals surface area contributed by atoms with E-state index < -0.39 is 0 Å². The van der Waals surface area contributed by atoms with Crippen LogP contribution in [0.1, 0.15) is 13.8 Å². The van der Waals surface area contributed by atoms with Gasteiger partial charge in [0.25, 0.3) is 0 Å². The highest BCUT2D eigenvalue weighted by molar-refractivity contribution is 7.99. The molecular weight excluding hydrogens is 218 g/mol. The number of hydrogen-bond acceptors (Lipinski definition) is 4. The van der Waals surface area contributed by atoms with Gasteiger partial charge in [-0.25, -0.2) is 9.97 Å². The molecule has 0 aliphatic carbocycles. The van der Waals surface area contributed by atoms with Gasteiger partial charge in [-0.3, -0.25) is 0 Å². The van der Waals surface area contributed by atoms with Gasteiger partial charge in [0, 0.05) is 11.3 Å². The number of aromatic nitrogens is 2. The van der Waals surface area contributed by atoms with Gasteiger partial charge in [-0.1, -0.05) is 11.6 Å². The highest BCUT2D eigenvalue weighted by Crippen LogP contribution is 2.21. The molecule has 0 saturated carbocycles. The Kier molecular flexibility index (Phi) is 4.01. The van der Waals surface area contributed by atoms with E-state index in [0.717, 1.165) is 12.4 Å². The quantitative estimate of drug-likeness (QED) is 0.865. The molecule has 0 saturated heterocycles. The van der Waals surface area contributed by atoms with Crippen LogP contribution in [0.3, 0.4) is 0 Å². The third-order valence-electron chi connectivity index (χ3n) is 1.87. The van der Waals surface area contributed by atoms with Crippen LogP contribution >= 0.6 is 23.4 Å². The molecule has 0 aromatic carbocycles. The van der Waals surface area contributed by atoms with Gasteiger partial charge in [0.2, 0.25) is 0 Å². The van der Waals surface area contributed by atoms with Crippen LogP contribution in [0, 0.1) is 0 Å². The minimum atomic E-state index is 0.196. The summed E-state index contributed by atoms with van der Waals surface area (Å²) < 4.78 is 0.196. The third-order valence-corrected chi connectivity index (χ3v) is 3.31. The summed E-state index contributed by atoms with van der Waals surface area (Å²) in [6.07, 6.45) is 5.27. The van der Waals surface area contributed by atoms with E-state index in [1.165, 1.54) is 6.20 Å². The number of rotatable bonds is 4. The topological polar surface area (TPSA) is 37.8 Å². The molecule has 0 aliphatic heterocycles. The summed E-state index contributed by atoms with van der Waals surface area (Å²) >= 11 is 7.44. The van der Waals surface area contributed by atoms with Gasteiger partial charge in [0.05, 0.1) is 12.4 Å². The molecule has 3 nitrogen and oxygen atoms in total. The zero-order valence-electron chi connectivity index (χ0n) is 8.54. The summed E-state index contributed by atoms with van der Waals surface area (Å²) in [5, 5.41) is 3.63. The summed E-state index contributed by atoms with van der Waals surface area (Å²) in [6.45, 7) is 5.20. The molecule has 1 aromatic rings. The first-order chi connectivity index (χ1) is 6.53. The maximum atomic E-state index is 5.62. The summed E-state index contributed by atoms with van der Waals surface area (Å²) in [4.78, 5) is 8.04. The monoisotopic (exact) mass is 231 g/mol. The van der Waals surface area contributed by atoms with Crippen molar-refractivity contribution in [3.05, 3.63) is 17.5 Å². The zero-order valence-corrected chi connectivity index (χ0v) is 10.1. The van der Waals surface area contributed by atoms with Gasteiger partial charge < -0.3 is 5.32 Å². The fourth-order valence-electron chi connectivity index (χ4n) is 0.779. The minimum Gasteiger partial charge on any atom is -0.367 e. The highest BCUT2D eigenvalue weighted by Gasteiger charge is 2.15. The number of anilines is 1. The number of nitrogens with one attached hydrogen (secondary N) is 1. The van der Waals surface area contributed by atoms with Crippen molar-refractivity contribution in [2.24, 2.45) is 0 Å². The number of hydrogen-bond donors (Lipinski definition) is 1. The molecular formula is C9H14ClN3S. The lowest BCUT2D eigenvalue weighted by molar-refractivity contribution is 0.749. The van der Waals surface area contributed by atoms with Crippen molar-refractivity contribution in [3.63, 3.8) is 0 Å². The van der Waals surface area contributed by atoms with Crippen molar-refractivity contribution in [1.82, 2.24) is 9.97 Å². The summed E-state index contributed by atoms with van der Waals surface area (Å²) in [5.74, 6) is 0.761. The van der Waals surface area contributed by atoms with E-state index in [2.05, 4.69) is 35.4 Å². The molecule has 1 aromatic heterocycles. The van der Waals surface area contributed by atoms with Gasteiger partial charge >= 0.3 is 0 Å². The fourth-order valence-corrected chi connectivity index (χ4v) is 1.09. The van der Waals surface area contributed by atoms with Gasteiger partial charge in [0.1, 0.15) is 11.0 Å². The van der Waals surface area contributed by atoms with Crippen LogP contribution in [0.25, 0.3) is 0 Å². The largest absolute Gasteiger partial charge is 0.367 e. The molecule has 1 N–H and O–H groups in total. The molecule has 0 bridgehead atoms. The van der Waals surface area contributed by atoms with Gasteiger partial charge in [-0.2, -0.15) is 11.8 Å². The smallest absolute Gasteiger partial charge is 0.147 e. The summed E-state index contributed by atoms with van der Waals surface area (Å²) in [7, 11) is 0. The van der Waals surface area contributed by atoms with Crippen molar-refractivity contribution in [2.75, 3.05) is 18.1 Å². The number of halogens is 1. The van der Waals surface area contributed by atoms with Crippen LogP contribution in [0.2, 0.25) is 5.15 Å². The van der Waals surface area contributed by atoms with Crippen molar-refractivity contribution >= 4 is 29.2 Å². The number of thioether (sulfide) groups is 1. The van der Waals surface area contributed by atoms with E-state index in [4.69, 9.17) is 11.6 Å². The van der Waals surface area contributed by atoms with E-state index in [-0.39, 0.29) is 4.75 Å². The molecule has 0 amide bonds. The standard InChI is InChI=1S/C9H14ClN3S/c1-9(2,14-3)6-13-8-5-11-7(10)4-12-8/h4-5H,6H2,1-3H3,(H,12,13). The second kappa shape index (κ2) is 4.84. The molecule has 0 fully saturated rings. The lowest BCUT2D eigenvalue weighted by atomic mass is 10.2. The van der Waals surface area contributed by atoms with Crippen LogP contribution in [-0.2, 0) is 0 Å². The molecule has 5 heteroatoms. The Morgan fingerprint density at radius 1 is 1.43 bits per heavy atom. The minimum absolute atomic E-state index is 0.196. The van der Waals surface area contributed by atoms with E-state index in [0.29, 0.717) is 5.15 Å². The predicted molar refractivity (Wildman–Crippen MR) is 63.1 cm³/mol. The maximum Gasteiger partial charge on any atom is 0.147 e. The molecule has 78 valence electrons. The average molecular weight is 232 g/mol. The fraction of sp³-hybridized carbons (Fsp3) is 0.556. The first-order valence-corrected chi connectivity index (χ1v) is 5.90. The van der Waals surface area contributed by atoms with Crippen molar-refractivity contribution < 1.29 is 0 Å². The Morgan fingerprint density at radius 2 is 2.14 bits per heavy atom. The Balaban J connectivity index is 2.50. The van der Waals surface area contributed by atoms with Crippen LogP contribution in [0.5, 0.6) is 0 Å². The molecule has 0 unspecified atom stereocenters. The Bertz CT molecular complexity index is 287. The molecule has 14 heavy (non-hydrogen) atoms. The zero-order chi connectivity index (χ0) is 10.6. The normalized spacial score (nSPS) is 11.4. The van der Waals surface area contributed by atoms with Crippen LogP contribution < -0.4 is 5.32 Å². The van der Waals surface area contributed by atoms with E-state index in [1.807, 2.05) is 11.8 Å². The molecule has 1 heterocycles. The molecule has 0 atom stereocenters.